The molecule has 130 valence electrons. The lowest BCUT2D eigenvalue weighted by molar-refractivity contribution is 0.273. The monoisotopic (exact) mass is 368 g/mol. The number of aliphatic hydroxyl groups is 1. The van der Waals surface area contributed by atoms with Crippen LogP contribution < -0.4 is 4.90 Å². The fraction of sp³-hybridized carbons (Fsp3) is 0.471. The highest BCUT2D eigenvalue weighted by molar-refractivity contribution is 7.90. The molecular formula is C17H21ClN2O3S. The number of aliphatic hydroxyl groups excluding tert-OH is 1. The van der Waals surface area contributed by atoms with Gasteiger partial charge in [-0.15, -0.1) is 0 Å². The zero-order valence-electron chi connectivity index (χ0n) is 13.7. The zero-order chi connectivity index (χ0) is 17.5. The summed E-state index contributed by atoms with van der Waals surface area (Å²) in [4.78, 5) is 6.36. The first-order chi connectivity index (χ1) is 11.3. The highest BCUT2D eigenvalue weighted by atomic mass is 35.5. The normalized spacial score (nSPS) is 17.1. The smallest absolute Gasteiger partial charge is 0.147 e. The first kappa shape index (κ1) is 17.5. The molecule has 1 atom stereocenters. The van der Waals surface area contributed by atoms with Crippen LogP contribution >= 0.6 is 11.6 Å². The molecule has 1 aromatic carbocycles. The van der Waals surface area contributed by atoms with E-state index in [1.54, 1.807) is 6.20 Å². The molecule has 24 heavy (non-hydrogen) atoms. The van der Waals surface area contributed by atoms with Gasteiger partial charge in [0, 0.05) is 55.1 Å². The maximum Gasteiger partial charge on any atom is 0.147 e. The van der Waals surface area contributed by atoms with Gasteiger partial charge in [-0.2, -0.15) is 0 Å². The van der Waals surface area contributed by atoms with Gasteiger partial charge in [0.1, 0.15) is 15.0 Å². The largest absolute Gasteiger partial charge is 0.396 e. The molecule has 1 aliphatic heterocycles. The van der Waals surface area contributed by atoms with Gasteiger partial charge in [0.25, 0.3) is 0 Å². The molecule has 0 amide bonds. The molecule has 0 spiro atoms. The van der Waals surface area contributed by atoms with E-state index in [9.17, 15) is 13.5 Å². The Bertz CT molecular complexity index is 864. The Morgan fingerprint density at radius 3 is 2.71 bits per heavy atom. The van der Waals surface area contributed by atoms with Gasteiger partial charge >= 0.3 is 0 Å². The second-order valence-corrected chi connectivity index (χ2v) is 9.25. The predicted molar refractivity (Wildman–Crippen MR) is 97.7 cm³/mol. The Balaban J connectivity index is 1.94. The number of anilines is 1. The number of rotatable bonds is 5. The molecule has 1 aliphatic rings. The highest BCUT2D eigenvalue weighted by Crippen LogP contribution is 2.36. The maximum absolute atomic E-state index is 11.4. The molecule has 0 aliphatic carbocycles. The Morgan fingerprint density at radius 1 is 1.38 bits per heavy atom. The third kappa shape index (κ3) is 3.50. The number of aromatic nitrogens is 1. The van der Waals surface area contributed by atoms with Crippen LogP contribution in [0.25, 0.3) is 10.8 Å². The Kier molecular flexibility index (Phi) is 4.73. The standard InChI is InChI=1S/C17H21ClN2O3S/c1-11(9-21)13-3-4-16(15-6-19-17(18)5-14(13)15)20-7-12(8-20)10-24(2,22)23/h3-6,11-12,21H,7-10H2,1-2H3/t11-/m1/s1. The van der Waals surface area contributed by atoms with Crippen molar-refractivity contribution in [3.63, 3.8) is 0 Å². The SMILES string of the molecule is C[C@H](CO)c1ccc(N2CC(CS(C)(=O)=O)C2)c2cnc(Cl)cc12. The minimum Gasteiger partial charge on any atom is -0.396 e. The number of fused-ring (bicyclic) bond motifs is 1. The van der Waals surface area contributed by atoms with E-state index in [1.165, 1.54) is 6.26 Å². The molecule has 1 fully saturated rings. The molecule has 2 heterocycles. The van der Waals surface area contributed by atoms with Gasteiger partial charge in [0.05, 0.1) is 5.75 Å². The van der Waals surface area contributed by atoms with Crippen molar-refractivity contribution in [2.45, 2.75) is 12.8 Å². The van der Waals surface area contributed by atoms with Crippen molar-refractivity contribution in [2.75, 3.05) is 36.6 Å². The molecule has 3 rings (SSSR count). The number of benzene rings is 1. The van der Waals surface area contributed by atoms with E-state index in [4.69, 9.17) is 11.6 Å². The summed E-state index contributed by atoms with van der Waals surface area (Å²) in [6, 6.07) is 5.87. The summed E-state index contributed by atoms with van der Waals surface area (Å²) in [5.74, 6) is 0.409. The molecule has 0 saturated carbocycles. The van der Waals surface area contributed by atoms with Crippen molar-refractivity contribution >= 4 is 37.9 Å². The van der Waals surface area contributed by atoms with Crippen LogP contribution in [0.1, 0.15) is 18.4 Å². The molecule has 1 aromatic heterocycles. The number of pyridine rings is 1. The summed E-state index contributed by atoms with van der Waals surface area (Å²) >= 11 is 6.06. The van der Waals surface area contributed by atoms with Crippen LogP contribution in [0, 0.1) is 5.92 Å². The van der Waals surface area contributed by atoms with E-state index in [0.29, 0.717) is 5.15 Å². The third-order valence-corrected chi connectivity index (χ3v) is 5.80. The van der Waals surface area contributed by atoms with Crippen molar-refractivity contribution in [2.24, 2.45) is 5.92 Å². The molecule has 1 N–H and O–H groups in total. The van der Waals surface area contributed by atoms with Gasteiger partial charge < -0.3 is 10.0 Å². The minimum absolute atomic E-state index is 0.00869. The summed E-state index contributed by atoms with van der Waals surface area (Å²) in [5, 5.41) is 11.9. The number of nitrogens with zero attached hydrogens (tertiary/aromatic N) is 2. The average Bonchev–Trinajstić information content (AvgIpc) is 2.48. The lowest BCUT2D eigenvalue weighted by atomic mass is 9.93. The Hall–Kier alpha value is -1.37. The first-order valence-electron chi connectivity index (χ1n) is 7.90. The van der Waals surface area contributed by atoms with Crippen molar-refractivity contribution in [3.8, 4) is 0 Å². The van der Waals surface area contributed by atoms with Crippen LogP contribution in [0.2, 0.25) is 5.15 Å². The van der Waals surface area contributed by atoms with Gasteiger partial charge in [0.2, 0.25) is 0 Å². The fourth-order valence-electron chi connectivity index (χ4n) is 3.33. The quantitative estimate of drug-likeness (QED) is 0.821. The Morgan fingerprint density at radius 2 is 2.08 bits per heavy atom. The molecule has 0 bridgehead atoms. The molecule has 1 saturated heterocycles. The molecule has 0 radical (unpaired) electrons. The minimum atomic E-state index is -2.94. The van der Waals surface area contributed by atoms with Gasteiger partial charge in [-0.25, -0.2) is 13.4 Å². The Labute approximate surface area is 147 Å². The fourth-order valence-corrected chi connectivity index (χ4v) is 4.55. The van der Waals surface area contributed by atoms with Crippen molar-refractivity contribution in [3.05, 3.63) is 35.1 Å². The van der Waals surface area contributed by atoms with Crippen LogP contribution in [0.5, 0.6) is 0 Å². The highest BCUT2D eigenvalue weighted by Gasteiger charge is 2.31. The number of hydrogen-bond donors (Lipinski definition) is 1. The summed E-state index contributed by atoms with van der Waals surface area (Å²) in [6.45, 7) is 3.47. The van der Waals surface area contributed by atoms with Crippen LogP contribution in [-0.4, -0.2) is 50.2 Å². The second kappa shape index (κ2) is 6.50. The van der Waals surface area contributed by atoms with E-state index < -0.39 is 9.84 Å². The van der Waals surface area contributed by atoms with Crippen LogP contribution in [0.4, 0.5) is 5.69 Å². The summed E-state index contributed by atoms with van der Waals surface area (Å²) < 4.78 is 22.8. The molecule has 0 unspecified atom stereocenters. The van der Waals surface area contributed by atoms with E-state index in [-0.39, 0.29) is 24.2 Å². The van der Waals surface area contributed by atoms with Crippen molar-refractivity contribution in [1.82, 2.24) is 4.98 Å². The van der Waals surface area contributed by atoms with Gasteiger partial charge in [-0.3, -0.25) is 0 Å². The average molecular weight is 369 g/mol. The molecule has 5 nitrogen and oxygen atoms in total. The van der Waals surface area contributed by atoms with Crippen LogP contribution in [0.3, 0.4) is 0 Å². The second-order valence-electron chi connectivity index (χ2n) is 6.67. The van der Waals surface area contributed by atoms with Gasteiger partial charge in [-0.05, 0) is 23.1 Å². The molecular weight excluding hydrogens is 348 g/mol. The lowest BCUT2D eigenvalue weighted by Gasteiger charge is -2.41. The van der Waals surface area contributed by atoms with Gasteiger partial charge in [-0.1, -0.05) is 24.6 Å². The first-order valence-corrected chi connectivity index (χ1v) is 10.3. The van der Waals surface area contributed by atoms with Gasteiger partial charge in [0.15, 0.2) is 0 Å². The summed E-state index contributed by atoms with van der Waals surface area (Å²) in [7, 11) is -2.94. The number of hydrogen-bond acceptors (Lipinski definition) is 5. The summed E-state index contributed by atoms with van der Waals surface area (Å²) in [5.41, 5.74) is 2.07. The molecule has 2 aromatic rings. The van der Waals surface area contributed by atoms with E-state index >= 15 is 0 Å². The van der Waals surface area contributed by atoms with Crippen molar-refractivity contribution in [1.29, 1.82) is 0 Å². The van der Waals surface area contributed by atoms with E-state index in [0.717, 1.165) is 35.1 Å². The molecule has 7 heteroatoms. The third-order valence-electron chi connectivity index (χ3n) is 4.52. The zero-order valence-corrected chi connectivity index (χ0v) is 15.3. The summed E-state index contributed by atoms with van der Waals surface area (Å²) in [6.07, 6.45) is 3.03. The maximum atomic E-state index is 11.4. The number of sulfone groups is 1. The number of halogens is 1. The lowest BCUT2D eigenvalue weighted by Crippen LogP contribution is -2.49. The topological polar surface area (TPSA) is 70.5 Å². The predicted octanol–water partition coefficient (Wildman–Crippen LogP) is 2.46. The van der Waals surface area contributed by atoms with Crippen LogP contribution in [-0.2, 0) is 9.84 Å². The van der Waals surface area contributed by atoms with Crippen molar-refractivity contribution < 1.29 is 13.5 Å². The van der Waals surface area contributed by atoms with Crippen LogP contribution in [0.15, 0.2) is 24.4 Å². The van der Waals surface area contributed by atoms with E-state index in [1.807, 2.05) is 25.1 Å². The van der Waals surface area contributed by atoms with E-state index in [2.05, 4.69) is 9.88 Å².